The van der Waals surface area contributed by atoms with Crippen molar-refractivity contribution in [2.75, 3.05) is 23.8 Å². The van der Waals surface area contributed by atoms with Gasteiger partial charge in [-0.1, -0.05) is 12.1 Å². The molecule has 6 nitrogen and oxygen atoms in total. The average Bonchev–Trinajstić information content (AvgIpc) is 2.53. The molecule has 0 saturated heterocycles. The molecule has 1 heterocycles. The number of aromatic nitrogens is 1. The standard InChI is InChI=1S/C18H21N3O3S/c1-12-6-7-17(15(19)9-12)25(3,22,23)21-16-11-14(24-2)10-13-5-4-8-20-18(13)16/h4-11H,19H2,1-3H3,(H2,21,22,23). The van der Waals surface area contributed by atoms with Crippen molar-refractivity contribution in [1.29, 1.82) is 0 Å². The summed E-state index contributed by atoms with van der Waals surface area (Å²) in [6.07, 6.45) is 2.87. The number of pyridine rings is 1. The number of benzene rings is 2. The molecule has 1 aromatic heterocycles. The fourth-order valence-corrected chi connectivity index (χ4v) is 4.57. The van der Waals surface area contributed by atoms with Crippen molar-refractivity contribution >= 4 is 31.8 Å². The third-order valence-electron chi connectivity index (χ3n) is 3.95. The van der Waals surface area contributed by atoms with Gasteiger partial charge < -0.3 is 10.5 Å². The summed E-state index contributed by atoms with van der Waals surface area (Å²) in [6.45, 7) is 1.87. The molecule has 0 aliphatic rings. The molecule has 0 unspecified atom stereocenters. The number of aryl methyl sites for hydroxylation is 1. The second kappa shape index (κ2) is 5.72. The van der Waals surface area contributed by atoms with Gasteiger partial charge >= 0.3 is 0 Å². The predicted octanol–water partition coefficient (Wildman–Crippen LogP) is 3.44. The average molecular weight is 359 g/mol. The lowest BCUT2D eigenvalue weighted by Crippen LogP contribution is -2.40. The van der Waals surface area contributed by atoms with Gasteiger partial charge in [0.1, 0.15) is 5.75 Å². The zero-order valence-electron chi connectivity index (χ0n) is 14.3. The molecule has 0 aliphatic heterocycles. The SMILES string of the molecule is COc1cc(NS(C)(=O)(O)c2ccc(C)cc2N)c2ncccc2c1. The number of nitrogen functional groups attached to an aromatic ring is 1. The topological polar surface area (TPSA) is 97.5 Å². The smallest absolute Gasteiger partial charge is 0.121 e. The van der Waals surface area contributed by atoms with Crippen LogP contribution in [-0.4, -0.2) is 27.1 Å². The molecule has 0 radical (unpaired) electrons. The van der Waals surface area contributed by atoms with Crippen molar-refractivity contribution in [3.63, 3.8) is 0 Å². The van der Waals surface area contributed by atoms with Crippen LogP contribution in [0.3, 0.4) is 0 Å². The van der Waals surface area contributed by atoms with Gasteiger partial charge in [-0.3, -0.25) is 14.3 Å². The molecule has 25 heavy (non-hydrogen) atoms. The minimum absolute atomic E-state index is 0.148. The molecule has 0 fully saturated rings. The Bertz CT molecular complexity index is 1030. The van der Waals surface area contributed by atoms with Crippen molar-refractivity contribution < 1.29 is 13.5 Å². The molecular weight excluding hydrogens is 338 g/mol. The van der Waals surface area contributed by atoms with Crippen molar-refractivity contribution in [2.45, 2.75) is 11.8 Å². The molecule has 0 saturated carbocycles. The Labute approximate surface area is 146 Å². The third kappa shape index (κ3) is 3.29. The summed E-state index contributed by atoms with van der Waals surface area (Å²) in [6, 6.07) is 12.1. The first-order valence-corrected chi connectivity index (χ1v) is 9.98. The number of hydrogen-bond acceptors (Lipinski definition) is 4. The molecule has 0 bridgehead atoms. The molecule has 3 aromatic rings. The molecule has 3 rings (SSSR count). The van der Waals surface area contributed by atoms with E-state index in [-0.39, 0.29) is 10.6 Å². The van der Waals surface area contributed by atoms with Crippen molar-refractivity contribution in [1.82, 2.24) is 4.98 Å². The van der Waals surface area contributed by atoms with Gasteiger partial charge in [0.15, 0.2) is 0 Å². The fourth-order valence-electron chi connectivity index (χ4n) is 2.78. The van der Waals surface area contributed by atoms with Gasteiger partial charge in [-0.05, 0) is 36.8 Å². The van der Waals surface area contributed by atoms with E-state index in [4.69, 9.17) is 10.5 Å². The quantitative estimate of drug-likeness (QED) is 0.620. The second-order valence-electron chi connectivity index (χ2n) is 6.18. The predicted molar refractivity (Wildman–Crippen MR) is 102 cm³/mol. The lowest BCUT2D eigenvalue weighted by atomic mass is 10.2. The summed E-state index contributed by atoms with van der Waals surface area (Å²) in [5.41, 5.74) is 8.15. The molecule has 132 valence electrons. The van der Waals surface area contributed by atoms with Crippen LogP contribution in [0, 0.1) is 6.92 Å². The zero-order valence-corrected chi connectivity index (χ0v) is 15.1. The van der Waals surface area contributed by atoms with Crippen molar-refractivity contribution in [2.24, 2.45) is 0 Å². The Morgan fingerprint density at radius 2 is 2.00 bits per heavy atom. The number of rotatable bonds is 4. The highest BCUT2D eigenvalue weighted by Gasteiger charge is 2.27. The molecule has 0 atom stereocenters. The third-order valence-corrected chi connectivity index (χ3v) is 6.06. The second-order valence-corrected chi connectivity index (χ2v) is 9.39. The molecule has 2 aromatic carbocycles. The van der Waals surface area contributed by atoms with E-state index >= 15 is 0 Å². The van der Waals surface area contributed by atoms with E-state index in [2.05, 4.69) is 9.71 Å². The minimum atomic E-state index is -4.46. The monoisotopic (exact) mass is 359 g/mol. The van der Waals surface area contributed by atoms with Crippen LogP contribution in [0.4, 0.5) is 11.4 Å². The van der Waals surface area contributed by atoms with Crippen LogP contribution >= 0.6 is 0 Å². The van der Waals surface area contributed by atoms with Crippen LogP contribution < -0.4 is 15.2 Å². The van der Waals surface area contributed by atoms with Gasteiger partial charge in [0.2, 0.25) is 0 Å². The number of hydrogen-bond donors (Lipinski definition) is 3. The largest absolute Gasteiger partial charge is 0.497 e. The van der Waals surface area contributed by atoms with E-state index in [0.717, 1.165) is 10.9 Å². The zero-order chi connectivity index (χ0) is 18.3. The van der Waals surface area contributed by atoms with E-state index in [0.29, 0.717) is 17.0 Å². The van der Waals surface area contributed by atoms with Gasteiger partial charge in [-0.15, -0.1) is 9.53 Å². The number of methoxy groups -OCH3 is 1. The minimum Gasteiger partial charge on any atom is -0.497 e. The highest BCUT2D eigenvalue weighted by Crippen LogP contribution is 2.38. The number of ether oxygens (including phenoxy) is 1. The maximum atomic E-state index is 13.4. The van der Waals surface area contributed by atoms with Crippen LogP contribution in [0.25, 0.3) is 10.9 Å². The molecule has 0 amide bonds. The van der Waals surface area contributed by atoms with Gasteiger partial charge in [-0.2, -0.15) is 4.21 Å². The Kier molecular flexibility index (Phi) is 3.93. The van der Waals surface area contributed by atoms with Crippen LogP contribution in [0.15, 0.2) is 53.6 Å². The number of nitrogens with two attached hydrogens (primary N) is 1. The number of nitrogens with one attached hydrogen (secondary N) is 1. The van der Waals surface area contributed by atoms with E-state index in [1.807, 2.05) is 19.1 Å². The summed E-state index contributed by atoms with van der Waals surface area (Å²) in [5.74, 6) is 0.558. The maximum absolute atomic E-state index is 13.4. The molecule has 0 spiro atoms. The first-order valence-electron chi connectivity index (χ1n) is 7.65. The first-order chi connectivity index (χ1) is 11.7. The normalized spacial score (nSPS) is 13.2. The maximum Gasteiger partial charge on any atom is 0.121 e. The van der Waals surface area contributed by atoms with Crippen molar-refractivity contribution in [3.05, 3.63) is 54.2 Å². The van der Waals surface area contributed by atoms with E-state index in [1.165, 1.54) is 6.26 Å². The number of nitrogens with zero attached hydrogens (tertiary/aromatic N) is 1. The Morgan fingerprint density at radius 1 is 1.24 bits per heavy atom. The highest BCUT2D eigenvalue weighted by molar-refractivity contribution is 8.15. The van der Waals surface area contributed by atoms with Crippen LogP contribution in [0.5, 0.6) is 5.75 Å². The van der Waals surface area contributed by atoms with E-state index in [9.17, 15) is 8.76 Å². The number of fused-ring (bicyclic) bond motifs is 1. The molecule has 7 heteroatoms. The van der Waals surface area contributed by atoms with Gasteiger partial charge in [0.25, 0.3) is 0 Å². The summed E-state index contributed by atoms with van der Waals surface area (Å²) < 4.78 is 32.5. The number of anilines is 2. The molecule has 4 N–H and O–H groups in total. The Morgan fingerprint density at radius 3 is 2.68 bits per heavy atom. The Balaban J connectivity index is 2.18. The van der Waals surface area contributed by atoms with Gasteiger partial charge in [0.05, 0.1) is 28.9 Å². The summed E-state index contributed by atoms with van der Waals surface area (Å²) >= 11 is 0. The van der Waals surface area contributed by atoms with Crippen LogP contribution in [-0.2, 0) is 9.53 Å². The summed E-state index contributed by atoms with van der Waals surface area (Å²) in [7, 11) is -2.92. The van der Waals surface area contributed by atoms with E-state index in [1.54, 1.807) is 43.6 Å². The highest BCUT2D eigenvalue weighted by atomic mass is 32.3. The van der Waals surface area contributed by atoms with E-state index < -0.39 is 9.53 Å². The van der Waals surface area contributed by atoms with Gasteiger partial charge in [-0.25, -0.2) is 0 Å². The lowest BCUT2D eigenvalue weighted by molar-refractivity contribution is 0.415. The lowest BCUT2D eigenvalue weighted by Gasteiger charge is -2.41. The van der Waals surface area contributed by atoms with Crippen LogP contribution in [0.2, 0.25) is 0 Å². The molecule has 0 aliphatic carbocycles. The Hall–Kier alpha value is -2.64. The fraction of sp³-hybridized carbons (Fsp3) is 0.167. The van der Waals surface area contributed by atoms with Gasteiger partial charge in [0, 0.05) is 23.9 Å². The van der Waals surface area contributed by atoms with Crippen LogP contribution in [0.1, 0.15) is 5.56 Å². The summed E-state index contributed by atoms with van der Waals surface area (Å²) in [5, 5.41) is 0.796. The molecular formula is C18H21N3O3S. The summed E-state index contributed by atoms with van der Waals surface area (Å²) in [4.78, 5) is 4.47. The first kappa shape index (κ1) is 17.2. The van der Waals surface area contributed by atoms with Crippen molar-refractivity contribution in [3.8, 4) is 5.75 Å².